The van der Waals surface area contributed by atoms with Crippen molar-refractivity contribution in [3.05, 3.63) is 70.5 Å². The van der Waals surface area contributed by atoms with E-state index in [1.165, 1.54) is 5.56 Å². The standard InChI is InChI=1S/C17H15BrN2OS/c18-15-8-6-14(7-9-15)17-19-16(21-20-17)10-11-22-12-13-4-2-1-3-5-13/h1-9H,10-12H2. The Morgan fingerprint density at radius 1 is 1.00 bits per heavy atom. The Bertz CT molecular complexity index is 713. The van der Waals surface area contributed by atoms with E-state index in [1.807, 2.05) is 42.1 Å². The van der Waals surface area contributed by atoms with Crippen molar-refractivity contribution >= 4 is 27.7 Å². The van der Waals surface area contributed by atoms with Crippen LogP contribution in [0.3, 0.4) is 0 Å². The van der Waals surface area contributed by atoms with Gasteiger partial charge in [-0.15, -0.1) is 0 Å². The lowest BCUT2D eigenvalue weighted by atomic mass is 10.2. The summed E-state index contributed by atoms with van der Waals surface area (Å²) in [6.07, 6.45) is 0.793. The summed E-state index contributed by atoms with van der Waals surface area (Å²) in [5.41, 5.74) is 2.31. The zero-order valence-electron chi connectivity index (χ0n) is 11.9. The second-order valence-corrected chi connectivity index (χ2v) is 6.83. The molecule has 0 aliphatic rings. The Labute approximate surface area is 142 Å². The van der Waals surface area contributed by atoms with E-state index < -0.39 is 0 Å². The smallest absolute Gasteiger partial charge is 0.227 e. The van der Waals surface area contributed by atoms with E-state index in [1.54, 1.807) is 0 Å². The minimum absolute atomic E-state index is 0.649. The Morgan fingerprint density at radius 3 is 2.55 bits per heavy atom. The third-order valence-corrected chi connectivity index (χ3v) is 4.70. The fourth-order valence-corrected chi connectivity index (χ4v) is 3.15. The summed E-state index contributed by atoms with van der Waals surface area (Å²) >= 11 is 5.29. The number of aromatic nitrogens is 2. The van der Waals surface area contributed by atoms with Gasteiger partial charge < -0.3 is 4.52 Å². The minimum Gasteiger partial charge on any atom is -0.339 e. The molecule has 0 saturated carbocycles. The Hall–Kier alpha value is -1.59. The lowest BCUT2D eigenvalue weighted by Gasteiger charge is -1.99. The first-order chi connectivity index (χ1) is 10.8. The molecule has 1 heterocycles. The lowest BCUT2D eigenvalue weighted by molar-refractivity contribution is 0.383. The Morgan fingerprint density at radius 2 is 1.77 bits per heavy atom. The number of rotatable bonds is 6. The van der Waals surface area contributed by atoms with Crippen molar-refractivity contribution in [1.82, 2.24) is 10.1 Å². The molecule has 3 nitrogen and oxygen atoms in total. The maximum Gasteiger partial charge on any atom is 0.227 e. The van der Waals surface area contributed by atoms with Crippen LogP contribution in [0.4, 0.5) is 0 Å². The molecule has 0 unspecified atom stereocenters. The molecule has 5 heteroatoms. The molecule has 0 saturated heterocycles. The van der Waals surface area contributed by atoms with Gasteiger partial charge in [0, 0.05) is 28.0 Å². The molecule has 0 atom stereocenters. The maximum atomic E-state index is 5.32. The van der Waals surface area contributed by atoms with Gasteiger partial charge in [-0.25, -0.2) is 0 Å². The molecule has 0 spiro atoms. The average Bonchev–Trinajstić information content (AvgIpc) is 3.02. The van der Waals surface area contributed by atoms with E-state index in [0.717, 1.165) is 28.0 Å². The number of aryl methyl sites for hydroxylation is 1. The van der Waals surface area contributed by atoms with Crippen LogP contribution in [0.2, 0.25) is 0 Å². The summed E-state index contributed by atoms with van der Waals surface area (Å²) in [4.78, 5) is 4.45. The van der Waals surface area contributed by atoms with Crippen LogP contribution in [0.25, 0.3) is 11.4 Å². The molecule has 22 heavy (non-hydrogen) atoms. The quantitative estimate of drug-likeness (QED) is 0.570. The van der Waals surface area contributed by atoms with E-state index in [9.17, 15) is 0 Å². The maximum absolute atomic E-state index is 5.32. The number of hydrogen-bond acceptors (Lipinski definition) is 4. The fourth-order valence-electron chi connectivity index (χ4n) is 2.00. The van der Waals surface area contributed by atoms with Crippen LogP contribution in [0.15, 0.2) is 63.6 Å². The minimum atomic E-state index is 0.649. The van der Waals surface area contributed by atoms with Gasteiger partial charge in [-0.2, -0.15) is 16.7 Å². The van der Waals surface area contributed by atoms with Gasteiger partial charge in [0.05, 0.1) is 0 Å². The first-order valence-electron chi connectivity index (χ1n) is 7.01. The normalized spacial score (nSPS) is 10.8. The van der Waals surface area contributed by atoms with Crippen molar-refractivity contribution in [3.8, 4) is 11.4 Å². The van der Waals surface area contributed by atoms with Crippen LogP contribution >= 0.6 is 27.7 Å². The van der Waals surface area contributed by atoms with Gasteiger partial charge in [-0.05, 0) is 29.8 Å². The second kappa shape index (κ2) is 7.61. The van der Waals surface area contributed by atoms with Gasteiger partial charge >= 0.3 is 0 Å². The molecule has 2 aromatic carbocycles. The molecule has 1 aromatic heterocycles. The molecular weight excluding hydrogens is 360 g/mol. The summed E-state index contributed by atoms with van der Waals surface area (Å²) in [6.45, 7) is 0. The van der Waals surface area contributed by atoms with E-state index in [4.69, 9.17) is 4.52 Å². The van der Waals surface area contributed by atoms with Crippen LogP contribution in [0, 0.1) is 0 Å². The number of halogens is 1. The molecule has 112 valence electrons. The lowest BCUT2D eigenvalue weighted by Crippen LogP contribution is -1.90. The molecule has 0 N–H and O–H groups in total. The summed E-state index contributed by atoms with van der Waals surface area (Å²) in [6, 6.07) is 18.4. The van der Waals surface area contributed by atoms with Crippen LogP contribution in [0.1, 0.15) is 11.5 Å². The zero-order valence-corrected chi connectivity index (χ0v) is 14.3. The number of nitrogens with zero attached hydrogens (tertiary/aromatic N) is 2. The average molecular weight is 375 g/mol. The SMILES string of the molecule is Brc1ccc(-c2noc(CCSCc3ccccc3)n2)cc1. The van der Waals surface area contributed by atoms with Gasteiger partial charge in [0.1, 0.15) is 0 Å². The topological polar surface area (TPSA) is 38.9 Å². The van der Waals surface area contributed by atoms with Gasteiger partial charge in [0.25, 0.3) is 0 Å². The van der Waals surface area contributed by atoms with E-state index in [0.29, 0.717) is 11.7 Å². The highest BCUT2D eigenvalue weighted by Gasteiger charge is 2.08. The Balaban J connectivity index is 1.50. The molecule has 0 fully saturated rings. The van der Waals surface area contributed by atoms with Gasteiger partial charge in [-0.3, -0.25) is 0 Å². The summed E-state index contributed by atoms with van der Waals surface area (Å²) in [5, 5.41) is 4.04. The van der Waals surface area contributed by atoms with E-state index >= 15 is 0 Å². The van der Waals surface area contributed by atoms with Gasteiger partial charge in [-0.1, -0.05) is 51.4 Å². The molecule has 0 radical (unpaired) electrons. The highest BCUT2D eigenvalue weighted by atomic mass is 79.9. The van der Waals surface area contributed by atoms with Crippen molar-refractivity contribution in [3.63, 3.8) is 0 Å². The molecule has 3 rings (SSSR count). The molecule has 0 aliphatic carbocycles. The number of benzene rings is 2. The van der Waals surface area contributed by atoms with Crippen molar-refractivity contribution in [2.75, 3.05) is 5.75 Å². The van der Waals surface area contributed by atoms with Crippen molar-refractivity contribution in [2.24, 2.45) is 0 Å². The highest BCUT2D eigenvalue weighted by Crippen LogP contribution is 2.20. The van der Waals surface area contributed by atoms with Gasteiger partial charge in [0.15, 0.2) is 0 Å². The Kier molecular flexibility index (Phi) is 5.29. The van der Waals surface area contributed by atoms with Crippen LogP contribution < -0.4 is 0 Å². The molecule has 0 bridgehead atoms. The third kappa shape index (κ3) is 4.21. The molecule has 0 amide bonds. The summed E-state index contributed by atoms with van der Waals surface area (Å²) in [5.74, 6) is 3.32. The monoisotopic (exact) mass is 374 g/mol. The summed E-state index contributed by atoms with van der Waals surface area (Å²) in [7, 11) is 0. The molecule has 3 aromatic rings. The van der Waals surface area contributed by atoms with Gasteiger partial charge in [0.2, 0.25) is 11.7 Å². The number of hydrogen-bond donors (Lipinski definition) is 0. The highest BCUT2D eigenvalue weighted by molar-refractivity contribution is 9.10. The summed E-state index contributed by atoms with van der Waals surface area (Å²) < 4.78 is 6.35. The first-order valence-corrected chi connectivity index (χ1v) is 8.96. The number of thioether (sulfide) groups is 1. The first kappa shape index (κ1) is 15.3. The predicted molar refractivity (Wildman–Crippen MR) is 93.7 cm³/mol. The largest absolute Gasteiger partial charge is 0.339 e. The van der Waals surface area contributed by atoms with Crippen molar-refractivity contribution < 1.29 is 4.52 Å². The van der Waals surface area contributed by atoms with E-state index in [2.05, 4.69) is 50.3 Å². The van der Waals surface area contributed by atoms with Crippen LogP contribution in [0.5, 0.6) is 0 Å². The van der Waals surface area contributed by atoms with Crippen molar-refractivity contribution in [1.29, 1.82) is 0 Å². The van der Waals surface area contributed by atoms with Crippen molar-refractivity contribution in [2.45, 2.75) is 12.2 Å². The second-order valence-electron chi connectivity index (χ2n) is 4.81. The van der Waals surface area contributed by atoms with E-state index in [-0.39, 0.29) is 0 Å². The van der Waals surface area contributed by atoms with Crippen LogP contribution in [-0.2, 0) is 12.2 Å². The fraction of sp³-hybridized carbons (Fsp3) is 0.176. The predicted octanol–water partition coefficient (Wildman–Crippen LogP) is 4.98. The van der Waals surface area contributed by atoms with Crippen LogP contribution in [-0.4, -0.2) is 15.9 Å². The third-order valence-electron chi connectivity index (χ3n) is 3.14. The molecule has 0 aliphatic heterocycles. The molecular formula is C17H15BrN2OS. The zero-order chi connectivity index (χ0) is 15.2.